The summed E-state index contributed by atoms with van der Waals surface area (Å²) >= 11 is 0. The molecule has 0 radical (unpaired) electrons. The largest absolute Gasteiger partial charge is 0.452 e. The lowest BCUT2D eigenvalue weighted by Gasteiger charge is -2.28. The van der Waals surface area contributed by atoms with Gasteiger partial charge in [-0.3, -0.25) is 19.3 Å². The summed E-state index contributed by atoms with van der Waals surface area (Å²) in [7, 11) is 0. The van der Waals surface area contributed by atoms with E-state index in [-0.39, 0.29) is 41.0 Å². The van der Waals surface area contributed by atoms with Gasteiger partial charge in [0.25, 0.3) is 5.91 Å². The van der Waals surface area contributed by atoms with Crippen LogP contribution in [0.3, 0.4) is 0 Å². The highest BCUT2D eigenvalue weighted by Gasteiger charge is 2.64. The molecule has 3 amide bonds. The Morgan fingerprint density at radius 2 is 1.63 bits per heavy atom. The molecule has 1 heterocycles. The highest BCUT2D eigenvalue weighted by molar-refractivity contribution is 6.22. The quantitative estimate of drug-likeness (QED) is 0.384. The van der Waals surface area contributed by atoms with Crippen molar-refractivity contribution >= 4 is 35.1 Å². The standard InChI is InChI=1S/C31H28N2O5/c1-18-6-5-9-22(14-18)32-26(34)17-38-31(37)20-10-12-23(13-11-20)33-29(35)27-21-15-24(19-7-3-2-4-8-19)25(16-21)28(27)30(33)36/h2-14,21,24-25,27-28H,15-17H2,1H3,(H,32,34)/t21-,24-,25+,27+,28-/m0/s1. The Labute approximate surface area is 220 Å². The van der Waals surface area contributed by atoms with Crippen LogP contribution in [0.4, 0.5) is 11.4 Å². The van der Waals surface area contributed by atoms with Crippen LogP contribution in [0.2, 0.25) is 0 Å². The SMILES string of the molecule is Cc1cccc(NC(=O)COC(=O)c2ccc(N3C(=O)[C@@H]4[C@@H]5C[C@@H]([C@@H]4C3=O)[C@H](c3ccccc3)C5)cc2)c1. The third-order valence-corrected chi connectivity index (χ3v) is 8.24. The van der Waals surface area contributed by atoms with Gasteiger partial charge in [0.1, 0.15) is 0 Å². The number of amides is 3. The third kappa shape index (κ3) is 4.18. The van der Waals surface area contributed by atoms with Crippen LogP contribution < -0.4 is 10.2 Å². The van der Waals surface area contributed by atoms with Gasteiger partial charge in [-0.15, -0.1) is 0 Å². The number of benzene rings is 3. The summed E-state index contributed by atoms with van der Waals surface area (Å²) in [4.78, 5) is 52.8. The number of carbonyl (C=O) groups excluding carboxylic acids is 4. The first-order valence-corrected chi connectivity index (χ1v) is 13.0. The molecule has 3 aromatic carbocycles. The Kier molecular flexibility index (Phi) is 6.06. The van der Waals surface area contributed by atoms with Crippen LogP contribution in [-0.4, -0.2) is 30.3 Å². The molecule has 192 valence electrons. The average Bonchev–Trinajstić information content (AvgIpc) is 3.59. The molecule has 7 heteroatoms. The van der Waals surface area contributed by atoms with Gasteiger partial charge in [-0.05, 0) is 85.0 Å². The maximum Gasteiger partial charge on any atom is 0.338 e. The smallest absolute Gasteiger partial charge is 0.338 e. The van der Waals surface area contributed by atoms with E-state index in [1.165, 1.54) is 22.6 Å². The van der Waals surface area contributed by atoms with Crippen molar-refractivity contribution in [3.05, 3.63) is 95.6 Å². The fourth-order valence-electron chi connectivity index (χ4n) is 6.68. The van der Waals surface area contributed by atoms with E-state index in [1.54, 1.807) is 18.2 Å². The first kappa shape index (κ1) is 24.1. The van der Waals surface area contributed by atoms with E-state index in [0.717, 1.165) is 18.4 Å². The highest BCUT2D eigenvalue weighted by atomic mass is 16.5. The number of hydrogen-bond acceptors (Lipinski definition) is 5. The van der Waals surface area contributed by atoms with Gasteiger partial charge in [-0.1, -0.05) is 42.5 Å². The number of nitrogens with one attached hydrogen (secondary N) is 1. The fraction of sp³-hybridized carbons (Fsp3) is 0.290. The van der Waals surface area contributed by atoms with Crippen molar-refractivity contribution in [2.24, 2.45) is 23.7 Å². The lowest BCUT2D eigenvalue weighted by Crippen LogP contribution is -2.33. The van der Waals surface area contributed by atoms with Gasteiger partial charge in [0.15, 0.2) is 6.61 Å². The highest BCUT2D eigenvalue weighted by Crippen LogP contribution is 2.61. The molecule has 6 rings (SSSR count). The molecule has 1 saturated heterocycles. The first-order chi connectivity index (χ1) is 18.4. The van der Waals surface area contributed by atoms with E-state index < -0.39 is 18.5 Å². The molecular formula is C31H28N2O5. The summed E-state index contributed by atoms with van der Waals surface area (Å²) in [6.07, 6.45) is 1.85. The molecule has 0 aromatic heterocycles. The predicted molar refractivity (Wildman–Crippen MR) is 141 cm³/mol. The van der Waals surface area contributed by atoms with Crippen LogP contribution in [0.5, 0.6) is 0 Å². The van der Waals surface area contributed by atoms with Crippen LogP contribution >= 0.6 is 0 Å². The minimum Gasteiger partial charge on any atom is -0.452 e. The summed E-state index contributed by atoms with van der Waals surface area (Å²) in [5.41, 5.74) is 3.57. The van der Waals surface area contributed by atoms with Crippen molar-refractivity contribution in [2.45, 2.75) is 25.7 Å². The van der Waals surface area contributed by atoms with Crippen LogP contribution in [0.25, 0.3) is 0 Å². The summed E-state index contributed by atoms with van der Waals surface area (Å²) in [6, 6.07) is 23.8. The van der Waals surface area contributed by atoms with Crippen molar-refractivity contribution < 1.29 is 23.9 Å². The lowest BCUT2D eigenvalue weighted by molar-refractivity contribution is -0.123. The second kappa shape index (κ2) is 9.56. The zero-order valence-corrected chi connectivity index (χ0v) is 21.0. The predicted octanol–water partition coefficient (Wildman–Crippen LogP) is 4.72. The summed E-state index contributed by atoms with van der Waals surface area (Å²) in [6.45, 7) is 1.49. The summed E-state index contributed by atoms with van der Waals surface area (Å²) in [5.74, 6) is -1.23. The number of ether oxygens (including phenoxy) is 1. The van der Waals surface area contributed by atoms with Crippen molar-refractivity contribution in [1.82, 2.24) is 0 Å². The molecule has 2 aliphatic carbocycles. The van der Waals surface area contributed by atoms with Crippen molar-refractivity contribution in [2.75, 3.05) is 16.8 Å². The summed E-state index contributed by atoms with van der Waals surface area (Å²) in [5, 5.41) is 2.69. The Morgan fingerprint density at radius 1 is 0.895 bits per heavy atom. The Bertz CT molecular complexity index is 1420. The molecule has 38 heavy (non-hydrogen) atoms. The Balaban J connectivity index is 1.10. The number of nitrogens with zero attached hydrogens (tertiary/aromatic N) is 1. The van der Waals surface area contributed by atoms with Gasteiger partial charge in [0, 0.05) is 5.69 Å². The minimum absolute atomic E-state index is 0.137. The van der Waals surface area contributed by atoms with Gasteiger partial charge in [-0.2, -0.15) is 0 Å². The molecule has 7 nitrogen and oxygen atoms in total. The van der Waals surface area contributed by atoms with E-state index in [0.29, 0.717) is 17.3 Å². The van der Waals surface area contributed by atoms with Crippen LogP contribution in [0.1, 0.15) is 40.2 Å². The molecular weight excluding hydrogens is 480 g/mol. The second-order valence-corrected chi connectivity index (χ2v) is 10.5. The molecule has 1 N–H and O–H groups in total. The number of esters is 1. The number of rotatable bonds is 6. The molecule has 2 saturated carbocycles. The molecule has 2 bridgehead atoms. The number of hydrogen-bond donors (Lipinski definition) is 1. The van der Waals surface area contributed by atoms with E-state index >= 15 is 0 Å². The van der Waals surface area contributed by atoms with Crippen LogP contribution in [0, 0.1) is 30.6 Å². The molecule has 3 fully saturated rings. The number of aryl methyl sites for hydroxylation is 1. The van der Waals surface area contributed by atoms with Gasteiger partial charge >= 0.3 is 5.97 Å². The fourth-order valence-corrected chi connectivity index (χ4v) is 6.68. The maximum absolute atomic E-state index is 13.5. The van der Waals surface area contributed by atoms with E-state index in [9.17, 15) is 19.2 Å². The molecule has 1 aliphatic heterocycles. The monoisotopic (exact) mass is 508 g/mol. The maximum atomic E-state index is 13.5. The second-order valence-electron chi connectivity index (χ2n) is 10.5. The van der Waals surface area contributed by atoms with E-state index in [2.05, 4.69) is 17.4 Å². The summed E-state index contributed by atoms with van der Waals surface area (Å²) < 4.78 is 5.15. The number of imide groups is 1. The van der Waals surface area contributed by atoms with Gasteiger partial charge in [0.2, 0.25) is 11.8 Å². The van der Waals surface area contributed by atoms with Crippen molar-refractivity contribution in [1.29, 1.82) is 0 Å². The first-order valence-electron chi connectivity index (χ1n) is 13.0. The van der Waals surface area contributed by atoms with E-state index in [4.69, 9.17) is 4.74 Å². The molecule has 5 atom stereocenters. The number of fused-ring (bicyclic) bond motifs is 5. The normalized spacial score (nSPS) is 25.4. The number of carbonyl (C=O) groups is 4. The van der Waals surface area contributed by atoms with Crippen molar-refractivity contribution in [3.8, 4) is 0 Å². The molecule has 0 spiro atoms. The van der Waals surface area contributed by atoms with E-state index in [1.807, 2.05) is 43.3 Å². The van der Waals surface area contributed by atoms with Gasteiger partial charge in [0.05, 0.1) is 23.1 Å². The average molecular weight is 509 g/mol. The zero-order valence-electron chi connectivity index (χ0n) is 21.0. The Morgan fingerprint density at radius 3 is 2.37 bits per heavy atom. The third-order valence-electron chi connectivity index (χ3n) is 8.24. The minimum atomic E-state index is -0.657. The molecule has 3 aliphatic rings. The number of anilines is 2. The zero-order chi connectivity index (χ0) is 26.4. The van der Waals surface area contributed by atoms with Crippen LogP contribution in [0.15, 0.2) is 78.9 Å². The lowest BCUT2D eigenvalue weighted by atomic mass is 9.73. The Hall–Kier alpha value is -4.26. The van der Waals surface area contributed by atoms with Gasteiger partial charge in [-0.25, -0.2) is 4.79 Å². The van der Waals surface area contributed by atoms with Crippen LogP contribution in [-0.2, 0) is 19.1 Å². The molecule has 0 unspecified atom stereocenters. The van der Waals surface area contributed by atoms with Crippen molar-refractivity contribution in [3.63, 3.8) is 0 Å². The molecule has 3 aromatic rings. The van der Waals surface area contributed by atoms with Gasteiger partial charge < -0.3 is 10.1 Å². The topological polar surface area (TPSA) is 92.8 Å².